The third-order valence-electron chi connectivity index (χ3n) is 3.56. The van der Waals surface area contributed by atoms with E-state index in [2.05, 4.69) is 17.9 Å². The Hall–Kier alpha value is -1.55. The van der Waals surface area contributed by atoms with Crippen LogP contribution < -0.4 is 10.6 Å². The van der Waals surface area contributed by atoms with E-state index in [1.807, 2.05) is 12.1 Å². The fourth-order valence-electron chi connectivity index (χ4n) is 2.46. The van der Waals surface area contributed by atoms with Gasteiger partial charge in [0, 0.05) is 31.5 Å². The Morgan fingerprint density at radius 3 is 2.61 bits per heavy atom. The SMILES string of the molecule is COC1CCN(c2cc(C)ccc2C(=N)N)CC1. The van der Waals surface area contributed by atoms with Crippen LogP contribution in [0.2, 0.25) is 0 Å². The van der Waals surface area contributed by atoms with Gasteiger partial charge < -0.3 is 15.4 Å². The molecule has 1 saturated heterocycles. The molecule has 18 heavy (non-hydrogen) atoms. The summed E-state index contributed by atoms with van der Waals surface area (Å²) in [6, 6.07) is 6.06. The Morgan fingerprint density at radius 1 is 1.39 bits per heavy atom. The van der Waals surface area contributed by atoms with Crippen LogP contribution in [-0.2, 0) is 4.74 Å². The van der Waals surface area contributed by atoms with Crippen molar-refractivity contribution in [2.45, 2.75) is 25.9 Å². The number of amidine groups is 1. The molecule has 1 fully saturated rings. The molecule has 0 amide bonds. The largest absolute Gasteiger partial charge is 0.384 e. The van der Waals surface area contributed by atoms with Gasteiger partial charge in [-0.1, -0.05) is 6.07 Å². The van der Waals surface area contributed by atoms with E-state index in [4.69, 9.17) is 15.9 Å². The number of nitrogens with two attached hydrogens (primary N) is 1. The lowest BCUT2D eigenvalue weighted by Gasteiger charge is -2.34. The van der Waals surface area contributed by atoms with E-state index in [0.29, 0.717) is 6.10 Å². The van der Waals surface area contributed by atoms with Gasteiger partial charge in [-0.05, 0) is 37.5 Å². The second-order valence-corrected chi connectivity index (χ2v) is 4.86. The Balaban J connectivity index is 2.22. The number of piperidine rings is 1. The zero-order valence-electron chi connectivity index (χ0n) is 11.1. The highest BCUT2D eigenvalue weighted by atomic mass is 16.5. The Morgan fingerprint density at radius 2 is 2.06 bits per heavy atom. The first-order chi connectivity index (χ1) is 8.61. The molecule has 1 aromatic rings. The van der Waals surface area contributed by atoms with E-state index < -0.39 is 0 Å². The van der Waals surface area contributed by atoms with E-state index in [-0.39, 0.29) is 5.84 Å². The lowest BCUT2D eigenvalue weighted by molar-refractivity contribution is 0.0819. The third-order valence-corrected chi connectivity index (χ3v) is 3.56. The Kier molecular flexibility index (Phi) is 3.87. The van der Waals surface area contributed by atoms with Gasteiger partial charge >= 0.3 is 0 Å². The predicted molar refractivity (Wildman–Crippen MR) is 74.4 cm³/mol. The molecule has 1 aromatic carbocycles. The smallest absolute Gasteiger partial charge is 0.124 e. The molecule has 0 aromatic heterocycles. The highest BCUT2D eigenvalue weighted by Crippen LogP contribution is 2.26. The van der Waals surface area contributed by atoms with Crippen LogP contribution in [0.25, 0.3) is 0 Å². The van der Waals surface area contributed by atoms with Crippen molar-refractivity contribution in [1.29, 1.82) is 5.41 Å². The van der Waals surface area contributed by atoms with Crippen molar-refractivity contribution < 1.29 is 4.74 Å². The van der Waals surface area contributed by atoms with Gasteiger partial charge in [-0.2, -0.15) is 0 Å². The van der Waals surface area contributed by atoms with Gasteiger partial charge in [-0.15, -0.1) is 0 Å². The summed E-state index contributed by atoms with van der Waals surface area (Å²) in [5.41, 5.74) is 8.77. The van der Waals surface area contributed by atoms with Crippen molar-refractivity contribution >= 4 is 11.5 Å². The molecule has 0 spiro atoms. The second kappa shape index (κ2) is 5.40. The molecule has 3 N–H and O–H groups in total. The molecule has 1 aliphatic rings. The molecule has 1 heterocycles. The first-order valence-corrected chi connectivity index (χ1v) is 6.34. The van der Waals surface area contributed by atoms with Crippen LogP contribution in [0.5, 0.6) is 0 Å². The van der Waals surface area contributed by atoms with Gasteiger partial charge in [-0.3, -0.25) is 5.41 Å². The molecule has 98 valence electrons. The van der Waals surface area contributed by atoms with Gasteiger partial charge in [-0.25, -0.2) is 0 Å². The lowest BCUT2D eigenvalue weighted by Crippen LogP contribution is -2.37. The zero-order valence-corrected chi connectivity index (χ0v) is 11.1. The summed E-state index contributed by atoms with van der Waals surface area (Å²) >= 11 is 0. The average molecular weight is 247 g/mol. The summed E-state index contributed by atoms with van der Waals surface area (Å²) in [6.45, 7) is 3.99. The first kappa shape index (κ1) is 12.9. The van der Waals surface area contributed by atoms with Crippen LogP contribution in [0, 0.1) is 12.3 Å². The van der Waals surface area contributed by atoms with Crippen LogP contribution in [0.15, 0.2) is 18.2 Å². The Bertz CT molecular complexity index is 437. The molecule has 0 aliphatic carbocycles. The second-order valence-electron chi connectivity index (χ2n) is 4.86. The summed E-state index contributed by atoms with van der Waals surface area (Å²) in [5, 5.41) is 7.67. The number of benzene rings is 1. The van der Waals surface area contributed by atoms with E-state index in [1.165, 1.54) is 5.56 Å². The summed E-state index contributed by atoms with van der Waals surface area (Å²) in [5.74, 6) is 0.138. The molecule has 0 atom stereocenters. The number of nitrogens with zero attached hydrogens (tertiary/aromatic N) is 1. The van der Waals surface area contributed by atoms with E-state index in [1.54, 1.807) is 7.11 Å². The molecule has 0 bridgehead atoms. The molecule has 4 nitrogen and oxygen atoms in total. The van der Waals surface area contributed by atoms with Crippen LogP contribution in [0.4, 0.5) is 5.69 Å². The number of anilines is 1. The minimum absolute atomic E-state index is 0.138. The highest BCUT2D eigenvalue weighted by molar-refractivity contribution is 6.00. The minimum Gasteiger partial charge on any atom is -0.384 e. The third kappa shape index (κ3) is 2.64. The number of rotatable bonds is 3. The van der Waals surface area contributed by atoms with Gasteiger partial charge in [0.05, 0.1) is 6.10 Å². The van der Waals surface area contributed by atoms with Crippen molar-refractivity contribution in [1.82, 2.24) is 0 Å². The van der Waals surface area contributed by atoms with E-state index in [0.717, 1.165) is 37.2 Å². The number of nitrogens with one attached hydrogen (secondary N) is 1. The number of aryl methyl sites for hydroxylation is 1. The first-order valence-electron chi connectivity index (χ1n) is 6.34. The monoisotopic (exact) mass is 247 g/mol. The van der Waals surface area contributed by atoms with Gasteiger partial charge in [0.15, 0.2) is 0 Å². The van der Waals surface area contributed by atoms with Crippen molar-refractivity contribution in [3.05, 3.63) is 29.3 Å². The molecule has 0 unspecified atom stereocenters. The summed E-state index contributed by atoms with van der Waals surface area (Å²) in [4.78, 5) is 2.30. The van der Waals surface area contributed by atoms with Crippen LogP contribution in [-0.4, -0.2) is 32.1 Å². The average Bonchev–Trinajstić information content (AvgIpc) is 2.38. The fourth-order valence-corrected chi connectivity index (χ4v) is 2.46. The van der Waals surface area contributed by atoms with E-state index in [9.17, 15) is 0 Å². The van der Waals surface area contributed by atoms with Gasteiger partial charge in [0.25, 0.3) is 0 Å². The number of ether oxygens (including phenoxy) is 1. The lowest BCUT2D eigenvalue weighted by atomic mass is 10.0. The number of hydrogen-bond acceptors (Lipinski definition) is 3. The summed E-state index contributed by atoms with van der Waals surface area (Å²) in [6.07, 6.45) is 2.43. The fraction of sp³-hybridized carbons (Fsp3) is 0.500. The molecular weight excluding hydrogens is 226 g/mol. The predicted octanol–water partition coefficient (Wildman–Crippen LogP) is 1.89. The maximum Gasteiger partial charge on any atom is 0.124 e. The highest BCUT2D eigenvalue weighted by Gasteiger charge is 2.21. The number of hydrogen-bond donors (Lipinski definition) is 2. The molecule has 0 saturated carbocycles. The Labute approximate surface area is 108 Å². The summed E-state index contributed by atoms with van der Waals surface area (Å²) < 4.78 is 5.38. The molecule has 2 rings (SSSR count). The number of nitrogen functional groups attached to an aromatic ring is 1. The molecule has 4 heteroatoms. The van der Waals surface area contributed by atoms with Crippen molar-refractivity contribution in [2.75, 3.05) is 25.1 Å². The standard InChI is InChI=1S/C14H21N3O/c1-10-3-4-12(14(15)16)13(9-10)17-7-5-11(18-2)6-8-17/h3-4,9,11H,5-8H2,1-2H3,(H3,15,16). The molecule has 1 aliphatic heterocycles. The quantitative estimate of drug-likeness (QED) is 0.633. The molecule has 0 radical (unpaired) electrons. The van der Waals surface area contributed by atoms with Crippen LogP contribution in [0.3, 0.4) is 0 Å². The normalized spacial score (nSPS) is 16.9. The van der Waals surface area contributed by atoms with Crippen molar-refractivity contribution in [3.8, 4) is 0 Å². The van der Waals surface area contributed by atoms with E-state index >= 15 is 0 Å². The maximum absolute atomic E-state index is 7.67. The van der Waals surface area contributed by atoms with Crippen molar-refractivity contribution in [2.24, 2.45) is 5.73 Å². The van der Waals surface area contributed by atoms with Gasteiger partial charge in [0.1, 0.15) is 5.84 Å². The van der Waals surface area contributed by atoms with Crippen LogP contribution in [0.1, 0.15) is 24.0 Å². The van der Waals surface area contributed by atoms with Crippen LogP contribution >= 0.6 is 0 Å². The molecular formula is C14H21N3O. The number of methoxy groups -OCH3 is 1. The minimum atomic E-state index is 0.138. The summed E-state index contributed by atoms with van der Waals surface area (Å²) in [7, 11) is 1.77. The van der Waals surface area contributed by atoms with Gasteiger partial charge in [0.2, 0.25) is 0 Å². The topological polar surface area (TPSA) is 62.3 Å². The zero-order chi connectivity index (χ0) is 13.1. The maximum atomic E-state index is 7.67. The van der Waals surface area contributed by atoms with Crippen molar-refractivity contribution in [3.63, 3.8) is 0 Å².